The van der Waals surface area contributed by atoms with Gasteiger partial charge in [0.2, 0.25) is 0 Å². The van der Waals surface area contributed by atoms with Gasteiger partial charge in [0.1, 0.15) is 17.2 Å². The van der Waals surface area contributed by atoms with Gasteiger partial charge in [-0.25, -0.2) is 4.99 Å². The number of guanidine groups is 1. The number of nitrogens with zero attached hydrogens (tertiary/aromatic N) is 1. The molecule has 0 aliphatic carbocycles. The Morgan fingerprint density at radius 1 is 0.893 bits per heavy atom. The molecule has 0 atom stereocenters. The van der Waals surface area contributed by atoms with Crippen molar-refractivity contribution in [1.82, 2.24) is 10.6 Å². The summed E-state index contributed by atoms with van der Waals surface area (Å²) in [6, 6.07) is 13.9. The molecule has 0 saturated carbocycles. The molecule has 0 saturated heterocycles. The third-order valence-corrected chi connectivity index (χ3v) is 4.11. The Kier molecular flexibility index (Phi) is 11.2. The van der Waals surface area contributed by atoms with Gasteiger partial charge in [0.25, 0.3) is 0 Å². The smallest absolute Gasteiger partial charge is 0.191 e. The van der Waals surface area contributed by atoms with Crippen molar-refractivity contribution in [2.75, 3.05) is 34.4 Å². The van der Waals surface area contributed by atoms with Gasteiger partial charge in [-0.3, -0.25) is 0 Å². The standard InChI is InChI=1S/C21H29N3O3.HI/c1-5-22-21(23-13-12-16-6-9-18(25-2)10-7-16)24-15-17-8-11-19(26-3)14-20(17)27-4;/h6-11,14H,5,12-13,15H2,1-4H3,(H2,22,23,24);1H. The fourth-order valence-corrected chi connectivity index (χ4v) is 2.61. The number of hydrogen-bond donors (Lipinski definition) is 2. The monoisotopic (exact) mass is 499 g/mol. The van der Waals surface area contributed by atoms with E-state index < -0.39 is 0 Å². The number of nitrogens with one attached hydrogen (secondary N) is 2. The average molecular weight is 499 g/mol. The minimum atomic E-state index is 0. The maximum Gasteiger partial charge on any atom is 0.191 e. The van der Waals surface area contributed by atoms with E-state index in [0.717, 1.165) is 48.3 Å². The molecule has 0 spiro atoms. The van der Waals surface area contributed by atoms with Crippen LogP contribution in [0.5, 0.6) is 17.2 Å². The van der Waals surface area contributed by atoms with Crippen molar-refractivity contribution in [1.29, 1.82) is 0 Å². The summed E-state index contributed by atoms with van der Waals surface area (Å²) >= 11 is 0. The van der Waals surface area contributed by atoms with Crippen LogP contribution in [0, 0.1) is 0 Å². The number of hydrogen-bond acceptors (Lipinski definition) is 4. The fraction of sp³-hybridized carbons (Fsp3) is 0.381. The third-order valence-electron chi connectivity index (χ3n) is 4.11. The summed E-state index contributed by atoms with van der Waals surface area (Å²) in [4.78, 5) is 4.66. The van der Waals surface area contributed by atoms with Gasteiger partial charge in [-0.1, -0.05) is 12.1 Å². The summed E-state index contributed by atoms with van der Waals surface area (Å²) in [5.41, 5.74) is 2.25. The minimum absolute atomic E-state index is 0. The summed E-state index contributed by atoms with van der Waals surface area (Å²) in [7, 11) is 4.97. The highest BCUT2D eigenvalue weighted by atomic mass is 127. The van der Waals surface area contributed by atoms with Gasteiger partial charge in [-0.15, -0.1) is 24.0 Å². The molecule has 2 N–H and O–H groups in total. The Morgan fingerprint density at radius 2 is 1.57 bits per heavy atom. The number of aliphatic imine (C=N–C) groups is 1. The molecule has 0 aliphatic heterocycles. The molecule has 0 heterocycles. The lowest BCUT2D eigenvalue weighted by molar-refractivity contribution is 0.391. The van der Waals surface area contributed by atoms with Crippen molar-refractivity contribution in [2.24, 2.45) is 4.99 Å². The molecule has 28 heavy (non-hydrogen) atoms. The highest BCUT2D eigenvalue weighted by molar-refractivity contribution is 14.0. The normalized spacial score (nSPS) is 10.6. The van der Waals surface area contributed by atoms with E-state index in [1.165, 1.54) is 5.56 Å². The van der Waals surface area contributed by atoms with E-state index in [0.29, 0.717) is 6.54 Å². The molecule has 154 valence electrons. The molecule has 0 aromatic heterocycles. The van der Waals surface area contributed by atoms with Crippen LogP contribution >= 0.6 is 24.0 Å². The number of methoxy groups -OCH3 is 3. The summed E-state index contributed by atoms with van der Waals surface area (Å²) < 4.78 is 15.9. The van der Waals surface area contributed by atoms with Crippen LogP contribution in [0.25, 0.3) is 0 Å². The molecule has 2 rings (SSSR count). The largest absolute Gasteiger partial charge is 0.497 e. The van der Waals surface area contributed by atoms with E-state index >= 15 is 0 Å². The highest BCUT2D eigenvalue weighted by Crippen LogP contribution is 2.25. The van der Waals surface area contributed by atoms with Crippen molar-refractivity contribution in [3.05, 3.63) is 53.6 Å². The Hall–Kier alpha value is -2.16. The number of halogens is 1. The zero-order chi connectivity index (χ0) is 19.5. The first-order valence-corrected chi connectivity index (χ1v) is 9.06. The molecule has 7 heteroatoms. The molecule has 2 aromatic carbocycles. The number of rotatable bonds is 9. The predicted octanol–water partition coefficient (Wildman–Crippen LogP) is 3.63. The molecule has 0 amide bonds. The molecule has 0 bridgehead atoms. The van der Waals surface area contributed by atoms with Crippen LogP contribution in [-0.2, 0) is 13.0 Å². The number of benzene rings is 2. The second-order valence-electron chi connectivity index (χ2n) is 5.90. The lowest BCUT2D eigenvalue weighted by Crippen LogP contribution is -2.38. The zero-order valence-electron chi connectivity index (χ0n) is 17.0. The molecule has 6 nitrogen and oxygen atoms in total. The van der Waals surface area contributed by atoms with E-state index in [9.17, 15) is 0 Å². The van der Waals surface area contributed by atoms with Gasteiger partial charge in [0, 0.05) is 24.7 Å². The van der Waals surface area contributed by atoms with Gasteiger partial charge in [-0.2, -0.15) is 0 Å². The summed E-state index contributed by atoms with van der Waals surface area (Å²) in [5, 5.41) is 6.64. The molecule has 0 radical (unpaired) electrons. The number of ether oxygens (including phenoxy) is 3. The third kappa shape index (κ3) is 7.46. The molecular weight excluding hydrogens is 469 g/mol. The van der Waals surface area contributed by atoms with Gasteiger partial charge < -0.3 is 24.8 Å². The van der Waals surface area contributed by atoms with Gasteiger partial charge in [0.15, 0.2) is 5.96 Å². The zero-order valence-corrected chi connectivity index (χ0v) is 19.3. The van der Waals surface area contributed by atoms with E-state index in [1.54, 1.807) is 21.3 Å². The summed E-state index contributed by atoms with van der Waals surface area (Å²) in [6.45, 7) is 4.16. The van der Waals surface area contributed by atoms with Crippen molar-refractivity contribution in [3.63, 3.8) is 0 Å². The molecule has 0 fully saturated rings. The first-order chi connectivity index (χ1) is 13.2. The van der Waals surface area contributed by atoms with Gasteiger partial charge >= 0.3 is 0 Å². The average Bonchev–Trinajstić information content (AvgIpc) is 2.72. The maximum atomic E-state index is 5.44. The lowest BCUT2D eigenvalue weighted by Gasteiger charge is -2.13. The van der Waals surface area contributed by atoms with E-state index in [4.69, 9.17) is 14.2 Å². The van der Waals surface area contributed by atoms with Crippen LogP contribution < -0.4 is 24.8 Å². The van der Waals surface area contributed by atoms with Gasteiger partial charge in [-0.05, 0) is 43.2 Å². The first kappa shape index (κ1) is 23.9. The Labute approximate surface area is 184 Å². The predicted molar refractivity (Wildman–Crippen MR) is 124 cm³/mol. The molecule has 0 aliphatic rings. The lowest BCUT2D eigenvalue weighted by atomic mass is 10.1. The van der Waals surface area contributed by atoms with Crippen LogP contribution in [0.2, 0.25) is 0 Å². The van der Waals surface area contributed by atoms with Crippen molar-refractivity contribution >= 4 is 29.9 Å². The minimum Gasteiger partial charge on any atom is -0.497 e. The second-order valence-corrected chi connectivity index (χ2v) is 5.90. The summed E-state index contributed by atoms with van der Waals surface area (Å²) in [6.07, 6.45) is 0.903. The van der Waals surface area contributed by atoms with E-state index in [2.05, 4.69) is 34.7 Å². The van der Waals surface area contributed by atoms with Crippen molar-refractivity contribution in [2.45, 2.75) is 19.9 Å². The highest BCUT2D eigenvalue weighted by Gasteiger charge is 2.05. The van der Waals surface area contributed by atoms with E-state index in [-0.39, 0.29) is 24.0 Å². The van der Waals surface area contributed by atoms with Crippen LogP contribution in [0.4, 0.5) is 0 Å². The van der Waals surface area contributed by atoms with Gasteiger partial charge in [0.05, 0.1) is 27.9 Å². The quantitative estimate of drug-likeness (QED) is 0.314. The first-order valence-electron chi connectivity index (χ1n) is 9.06. The topological polar surface area (TPSA) is 64.1 Å². The van der Waals surface area contributed by atoms with Crippen molar-refractivity contribution in [3.8, 4) is 17.2 Å². The van der Waals surface area contributed by atoms with Crippen molar-refractivity contribution < 1.29 is 14.2 Å². The Morgan fingerprint density at radius 3 is 2.18 bits per heavy atom. The van der Waals surface area contributed by atoms with Crippen LogP contribution in [0.3, 0.4) is 0 Å². The molecular formula is C21H30IN3O3. The SMILES string of the molecule is CCNC(=NCc1ccc(OC)cc1OC)NCCc1ccc(OC)cc1.I. The molecule has 2 aromatic rings. The van der Waals surface area contributed by atoms with Crippen LogP contribution in [-0.4, -0.2) is 40.4 Å². The maximum absolute atomic E-state index is 5.44. The Bertz CT molecular complexity index is 736. The van der Waals surface area contributed by atoms with E-state index in [1.807, 2.05) is 30.3 Å². The fourth-order valence-electron chi connectivity index (χ4n) is 2.61. The van der Waals surface area contributed by atoms with Crippen LogP contribution in [0.15, 0.2) is 47.5 Å². The summed E-state index contributed by atoms with van der Waals surface area (Å²) in [5.74, 6) is 3.19. The molecule has 0 unspecified atom stereocenters. The second kappa shape index (κ2) is 13.1. The Balaban J connectivity index is 0.00000392. The van der Waals surface area contributed by atoms with Crippen LogP contribution in [0.1, 0.15) is 18.1 Å².